The van der Waals surface area contributed by atoms with Crippen LogP contribution < -0.4 is 5.73 Å². The van der Waals surface area contributed by atoms with Gasteiger partial charge < -0.3 is 20.3 Å². The van der Waals surface area contributed by atoms with E-state index in [2.05, 4.69) is 0 Å². The third-order valence-corrected chi connectivity index (χ3v) is 1.67. The zero-order valence-electron chi connectivity index (χ0n) is 9.11. The van der Waals surface area contributed by atoms with E-state index in [0.29, 0.717) is 0 Å². The Hall–Kier alpha value is -0.650. The Morgan fingerprint density at radius 3 is 2.36 bits per heavy atom. The minimum atomic E-state index is -1.29. The van der Waals surface area contributed by atoms with Crippen LogP contribution >= 0.6 is 0 Å². The molecule has 0 bridgehead atoms. The Kier molecular flexibility index (Phi) is 5.04. The van der Waals surface area contributed by atoms with Gasteiger partial charge >= 0.3 is 0 Å². The van der Waals surface area contributed by atoms with Crippen molar-refractivity contribution in [3.63, 3.8) is 0 Å². The van der Waals surface area contributed by atoms with Crippen LogP contribution in [-0.4, -0.2) is 35.6 Å². The lowest BCUT2D eigenvalue weighted by atomic mass is 10.2. The predicted octanol–water partition coefficient (Wildman–Crippen LogP) is 0.0103. The van der Waals surface area contributed by atoms with Crippen LogP contribution in [0.1, 0.15) is 27.7 Å². The van der Waals surface area contributed by atoms with Gasteiger partial charge in [-0.3, -0.25) is 4.79 Å². The van der Waals surface area contributed by atoms with Gasteiger partial charge in [0, 0.05) is 0 Å². The summed E-state index contributed by atoms with van der Waals surface area (Å²) in [5.41, 5.74) is 4.88. The molecule has 2 atom stereocenters. The standard InChI is InChI=1S/C7H13NO4.C2H6/c1-7(2)11-3-4(12-7)5(9)6(8)10;1-2/h4-5,9H,3H2,1-2H3,(H2,8,10);1-2H3. The maximum absolute atomic E-state index is 10.5. The summed E-state index contributed by atoms with van der Waals surface area (Å²) in [4.78, 5) is 10.5. The summed E-state index contributed by atoms with van der Waals surface area (Å²) in [5, 5.41) is 9.18. The molecule has 0 aliphatic carbocycles. The van der Waals surface area contributed by atoms with E-state index in [-0.39, 0.29) is 6.61 Å². The Bertz CT molecular complexity index is 193. The lowest BCUT2D eigenvalue weighted by Gasteiger charge is -2.18. The molecule has 14 heavy (non-hydrogen) atoms. The average molecular weight is 205 g/mol. The predicted molar refractivity (Wildman–Crippen MR) is 51.5 cm³/mol. The molecule has 0 aromatic rings. The highest BCUT2D eigenvalue weighted by Crippen LogP contribution is 2.23. The summed E-state index contributed by atoms with van der Waals surface area (Å²) < 4.78 is 10.3. The van der Waals surface area contributed by atoms with Crippen molar-refractivity contribution in [2.45, 2.75) is 45.7 Å². The highest BCUT2D eigenvalue weighted by atomic mass is 16.7. The van der Waals surface area contributed by atoms with Crippen LogP contribution in [0.25, 0.3) is 0 Å². The monoisotopic (exact) mass is 205 g/mol. The zero-order valence-corrected chi connectivity index (χ0v) is 9.11. The molecule has 0 spiro atoms. The molecule has 1 aliphatic heterocycles. The molecule has 1 saturated heterocycles. The van der Waals surface area contributed by atoms with Gasteiger partial charge in [-0.2, -0.15) is 0 Å². The molecule has 1 heterocycles. The maximum Gasteiger partial charge on any atom is 0.249 e. The number of primary amides is 1. The molecule has 1 fully saturated rings. The van der Waals surface area contributed by atoms with Crippen molar-refractivity contribution in [2.24, 2.45) is 5.73 Å². The molecule has 1 rings (SSSR count). The SMILES string of the molecule is CC.CC1(C)OCC(C(O)C(N)=O)O1. The van der Waals surface area contributed by atoms with Crippen LogP contribution in [0.5, 0.6) is 0 Å². The zero-order chi connectivity index (χ0) is 11.4. The van der Waals surface area contributed by atoms with E-state index in [0.717, 1.165) is 0 Å². The Morgan fingerprint density at radius 1 is 1.57 bits per heavy atom. The van der Waals surface area contributed by atoms with E-state index in [1.807, 2.05) is 13.8 Å². The lowest BCUT2D eigenvalue weighted by Crippen LogP contribution is -2.40. The molecule has 0 radical (unpaired) electrons. The van der Waals surface area contributed by atoms with E-state index in [9.17, 15) is 9.90 Å². The number of aliphatic hydroxyl groups is 1. The van der Waals surface area contributed by atoms with Gasteiger partial charge in [-0.05, 0) is 13.8 Å². The fourth-order valence-corrected chi connectivity index (χ4v) is 1.05. The quantitative estimate of drug-likeness (QED) is 0.665. The van der Waals surface area contributed by atoms with Crippen molar-refractivity contribution in [1.29, 1.82) is 0 Å². The Morgan fingerprint density at radius 2 is 2.07 bits per heavy atom. The molecule has 0 aromatic heterocycles. The highest BCUT2D eigenvalue weighted by Gasteiger charge is 2.38. The molecule has 84 valence electrons. The lowest BCUT2D eigenvalue weighted by molar-refractivity contribution is -0.157. The summed E-state index contributed by atoms with van der Waals surface area (Å²) in [7, 11) is 0. The minimum absolute atomic E-state index is 0.192. The number of hydrogen-bond acceptors (Lipinski definition) is 4. The summed E-state index contributed by atoms with van der Waals surface area (Å²) in [6.45, 7) is 7.61. The normalized spacial score (nSPS) is 26.2. The number of amides is 1. The third-order valence-electron chi connectivity index (χ3n) is 1.67. The molecule has 5 heteroatoms. The fourth-order valence-electron chi connectivity index (χ4n) is 1.05. The highest BCUT2D eigenvalue weighted by molar-refractivity contribution is 5.79. The van der Waals surface area contributed by atoms with Gasteiger partial charge in [0.15, 0.2) is 11.9 Å². The van der Waals surface area contributed by atoms with Crippen molar-refractivity contribution in [3.8, 4) is 0 Å². The number of rotatable bonds is 2. The fraction of sp³-hybridized carbons (Fsp3) is 0.889. The molecule has 1 amide bonds. The van der Waals surface area contributed by atoms with E-state index < -0.39 is 23.9 Å². The molecule has 5 nitrogen and oxygen atoms in total. The molecule has 1 aliphatic rings. The van der Waals surface area contributed by atoms with Gasteiger partial charge in [0.25, 0.3) is 0 Å². The molecular weight excluding hydrogens is 186 g/mol. The average Bonchev–Trinajstić information content (AvgIpc) is 2.48. The Balaban J connectivity index is 0.000000791. The molecule has 2 unspecified atom stereocenters. The van der Waals surface area contributed by atoms with E-state index in [4.69, 9.17) is 15.2 Å². The van der Waals surface area contributed by atoms with Crippen molar-refractivity contribution in [2.75, 3.05) is 6.61 Å². The first-order valence-corrected chi connectivity index (χ1v) is 4.71. The number of ether oxygens (including phenoxy) is 2. The Labute approximate surface area is 84.2 Å². The molecule has 0 aromatic carbocycles. The summed E-state index contributed by atoms with van der Waals surface area (Å²) in [5.74, 6) is -1.53. The van der Waals surface area contributed by atoms with Gasteiger partial charge in [0.1, 0.15) is 6.10 Å². The summed E-state index contributed by atoms with van der Waals surface area (Å²) >= 11 is 0. The van der Waals surface area contributed by atoms with Crippen LogP contribution in [0, 0.1) is 0 Å². The van der Waals surface area contributed by atoms with Gasteiger partial charge in [-0.1, -0.05) is 13.8 Å². The van der Waals surface area contributed by atoms with Crippen molar-refractivity contribution in [3.05, 3.63) is 0 Å². The number of hydrogen-bond donors (Lipinski definition) is 2. The second-order valence-electron chi connectivity index (χ2n) is 3.21. The van der Waals surface area contributed by atoms with Gasteiger partial charge in [-0.25, -0.2) is 0 Å². The smallest absolute Gasteiger partial charge is 0.249 e. The van der Waals surface area contributed by atoms with Gasteiger partial charge in [0.05, 0.1) is 6.61 Å². The van der Waals surface area contributed by atoms with Crippen molar-refractivity contribution in [1.82, 2.24) is 0 Å². The number of carbonyl (C=O) groups is 1. The third kappa shape index (κ3) is 3.61. The van der Waals surface area contributed by atoms with Gasteiger partial charge in [-0.15, -0.1) is 0 Å². The molecular formula is C9H19NO4. The minimum Gasteiger partial charge on any atom is -0.380 e. The number of aliphatic hydroxyl groups excluding tert-OH is 1. The largest absolute Gasteiger partial charge is 0.380 e. The van der Waals surface area contributed by atoms with Crippen molar-refractivity contribution >= 4 is 5.91 Å². The maximum atomic E-state index is 10.5. The van der Waals surface area contributed by atoms with Crippen LogP contribution in [-0.2, 0) is 14.3 Å². The van der Waals surface area contributed by atoms with E-state index in [1.54, 1.807) is 13.8 Å². The second-order valence-corrected chi connectivity index (χ2v) is 3.21. The van der Waals surface area contributed by atoms with Crippen LogP contribution in [0.15, 0.2) is 0 Å². The molecule has 3 N–H and O–H groups in total. The number of carbonyl (C=O) groups excluding carboxylic acids is 1. The summed E-state index contributed by atoms with van der Waals surface area (Å²) in [6.07, 6.45) is -1.93. The first-order chi connectivity index (χ1) is 6.42. The first-order valence-electron chi connectivity index (χ1n) is 4.71. The summed E-state index contributed by atoms with van der Waals surface area (Å²) in [6, 6.07) is 0. The van der Waals surface area contributed by atoms with Crippen LogP contribution in [0.2, 0.25) is 0 Å². The topological polar surface area (TPSA) is 81.8 Å². The first kappa shape index (κ1) is 13.4. The number of nitrogens with two attached hydrogens (primary N) is 1. The van der Waals surface area contributed by atoms with E-state index >= 15 is 0 Å². The van der Waals surface area contributed by atoms with Gasteiger partial charge in [0.2, 0.25) is 5.91 Å². The molecule has 0 saturated carbocycles. The van der Waals surface area contributed by atoms with Crippen molar-refractivity contribution < 1.29 is 19.4 Å². The van der Waals surface area contributed by atoms with Crippen LogP contribution in [0.3, 0.4) is 0 Å². The second kappa shape index (κ2) is 5.29. The van der Waals surface area contributed by atoms with E-state index in [1.165, 1.54) is 0 Å². The van der Waals surface area contributed by atoms with Crippen LogP contribution in [0.4, 0.5) is 0 Å².